The first kappa shape index (κ1) is 24.0. The van der Waals surface area contributed by atoms with Crippen molar-refractivity contribution in [1.82, 2.24) is 10.2 Å². The van der Waals surface area contributed by atoms with Crippen LogP contribution in [0.5, 0.6) is 5.75 Å². The Hall–Kier alpha value is -1.67. The molecule has 1 aromatic carbocycles. The second-order valence-electron chi connectivity index (χ2n) is 10.8. The molecular formula is C27H40N2O5. The van der Waals surface area contributed by atoms with Crippen molar-refractivity contribution in [2.24, 2.45) is 23.7 Å². The van der Waals surface area contributed by atoms with Gasteiger partial charge in [0.1, 0.15) is 5.75 Å². The van der Waals surface area contributed by atoms with Crippen molar-refractivity contribution in [3.05, 3.63) is 29.8 Å². The largest absolute Gasteiger partial charge is 0.415 e. The van der Waals surface area contributed by atoms with Gasteiger partial charge in [-0.2, -0.15) is 0 Å². The van der Waals surface area contributed by atoms with E-state index in [-0.39, 0.29) is 12.0 Å². The highest BCUT2D eigenvalue weighted by atomic mass is 17.2. The summed E-state index contributed by atoms with van der Waals surface area (Å²) in [4.78, 5) is 25.5. The van der Waals surface area contributed by atoms with E-state index in [2.05, 4.69) is 11.4 Å². The average molecular weight is 473 g/mol. The monoisotopic (exact) mass is 472 g/mol. The van der Waals surface area contributed by atoms with Gasteiger partial charge in [-0.1, -0.05) is 12.1 Å². The number of amides is 1. The van der Waals surface area contributed by atoms with E-state index >= 15 is 0 Å². The Morgan fingerprint density at radius 3 is 2.44 bits per heavy atom. The van der Waals surface area contributed by atoms with Gasteiger partial charge in [0, 0.05) is 38.7 Å². The predicted molar refractivity (Wildman–Crippen MR) is 129 cm³/mol. The van der Waals surface area contributed by atoms with Gasteiger partial charge in [-0.25, -0.2) is 14.6 Å². The van der Waals surface area contributed by atoms with Gasteiger partial charge < -0.3 is 19.7 Å². The Morgan fingerprint density at radius 1 is 0.912 bits per heavy atom. The molecule has 3 saturated heterocycles. The van der Waals surface area contributed by atoms with Crippen molar-refractivity contribution < 1.29 is 24.0 Å². The SMILES string of the molecule is O=C(Oc1cccc(C2CCCOOCC3CC4CC(COC2)CC(C3)C4)c1)N1CCNCC1. The summed E-state index contributed by atoms with van der Waals surface area (Å²) in [6, 6.07) is 7.96. The quantitative estimate of drug-likeness (QED) is 0.645. The van der Waals surface area contributed by atoms with E-state index in [1.807, 2.05) is 18.2 Å². The van der Waals surface area contributed by atoms with Crippen LogP contribution in [0.1, 0.15) is 56.4 Å². The number of nitrogens with one attached hydrogen (secondary N) is 1. The molecule has 1 amide bonds. The van der Waals surface area contributed by atoms with E-state index in [1.165, 1.54) is 32.1 Å². The smallest absolute Gasteiger partial charge is 0.410 e. The van der Waals surface area contributed by atoms with Crippen molar-refractivity contribution in [2.45, 2.75) is 50.9 Å². The molecule has 2 aliphatic carbocycles. The summed E-state index contributed by atoms with van der Waals surface area (Å²) in [5.41, 5.74) is 1.15. The molecule has 3 unspecified atom stereocenters. The second kappa shape index (κ2) is 11.8. The van der Waals surface area contributed by atoms with Crippen LogP contribution < -0.4 is 10.1 Å². The number of hydrogen-bond donors (Lipinski definition) is 1. The first-order valence-corrected chi connectivity index (χ1v) is 13.3. The molecule has 0 radical (unpaired) electrons. The molecule has 3 heterocycles. The Kier molecular flexibility index (Phi) is 8.38. The normalized spacial score (nSPS) is 33.2. The molecule has 4 bridgehead atoms. The minimum Gasteiger partial charge on any atom is -0.410 e. The van der Waals surface area contributed by atoms with Crippen LogP contribution in [-0.4, -0.2) is 63.6 Å². The summed E-state index contributed by atoms with van der Waals surface area (Å²) < 4.78 is 12.1. The summed E-state index contributed by atoms with van der Waals surface area (Å²) in [5, 5.41) is 3.26. The van der Waals surface area contributed by atoms with Gasteiger partial charge in [0.2, 0.25) is 0 Å². The average Bonchev–Trinajstić information content (AvgIpc) is 2.85. The van der Waals surface area contributed by atoms with Crippen molar-refractivity contribution >= 4 is 6.09 Å². The number of rotatable bonds is 2. The molecule has 3 aliphatic heterocycles. The topological polar surface area (TPSA) is 69.3 Å². The molecule has 7 heteroatoms. The van der Waals surface area contributed by atoms with Gasteiger partial charge >= 0.3 is 6.09 Å². The summed E-state index contributed by atoms with van der Waals surface area (Å²) in [5.74, 6) is 3.80. The number of carbonyl (C=O) groups is 1. The van der Waals surface area contributed by atoms with Gasteiger partial charge in [-0.15, -0.1) is 0 Å². The van der Waals surface area contributed by atoms with E-state index in [0.29, 0.717) is 43.9 Å². The minimum atomic E-state index is -0.271. The fraction of sp³-hybridized carbons (Fsp3) is 0.741. The number of piperazine rings is 1. The van der Waals surface area contributed by atoms with Crippen molar-refractivity contribution in [3.8, 4) is 5.75 Å². The summed E-state index contributed by atoms with van der Waals surface area (Å²) in [6.45, 7) is 5.85. The van der Waals surface area contributed by atoms with Crippen LogP contribution in [-0.2, 0) is 14.5 Å². The summed E-state index contributed by atoms with van der Waals surface area (Å²) in [7, 11) is 0. The van der Waals surface area contributed by atoms with Gasteiger partial charge in [0.15, 0.2) is 0 Å². The fourth-order valence-electron chi connectivity index (χ4n) is 6.56. The number of nitrogens with zero attached hydrogens (tertiary/aromatic N) is 1. The van der Waals surface area contributed by atoms with Crippen molar-refractivity contribution in [2.75, 3.05) is 52.6 Å². The van der Waals surface area contributed by atoms with Crippen LogP contribution in [0.15, 0.2) is 24.3 Å². The van der Waals surface area contributed by atoms with Crippen LogP contribution >= 0.6 is 0 Å². The molecular weight excluding hydrogens is 432 g/mol. The first-order chi connectivity index (χ1) is 16.7. The molecule has 7 nitrogen and oxygen atoms in total. The third-order valence-corrected chi connectivity index (χ3v) is 8.08. The van der Waals surface area contributed by atoms with Gasteiger partial charge in [-0.05, 0) is 86.3 Å². The molecule has 0 aromatic heterocycles. The first-order valence-electron chi connectivity index (χ1n) is 13.3. The summed E-state index contributed by atoms with van der Waals surface area (Å²) in [6.07, 6.45) is 8.09. The number of hydrogen-bond acceptors (Lipinski definition) is 6. The Morgan fingerprint density at radius 2 is 1.65 bits per heavy atom. The zero-order valence-corrected chi connectivity index (χ0v) is 20.3. The van der Waals surface area contributed by atoms with E-state index in [4.69, 9.17) is 19.2 Å². The summed E-state index contributed by atoms with van der Waals surface area (Å²) >= 11 is 0. The molecule has 34 heavy (non-hydrogen) atoms. The van der Waals surface area contributed by atoms with Gasteiger partial charge in [0.25, 0.3) is 0 Å². The zero-order chi connectivity index (χ0) is 23.2. The van der Waals surface area contributed by atoms with E-state index in [1.54, 1.807) is 4.90 Å². The van der Waals surface area contributed by atoms with Crippen molar-refractivity contribution in [3.63, 3.8) is 0 Å². The predicted octanol–water partition coefficient (Wildman–Crippen LogP) is 4.38. The van der Waals surface area contributed by atoms with E-state index in [9.17, 15) is 4.79 Å². The Labute approximate surface area is 203 Å². The van der Waals surface area contributed by atoms with Gasteiger partial charge in [0.05, 0.1) is 19.8 Å². The molecule has 1 aromatic rings. The van der Waals surface area contributed by atoms with Crippen LogP contribution in [0.3, 0.4) is 0 Å². The number of fused-ring (bicyclic) bond motifs is 9. The number of benzene rings is 1. The van der Waals surface area contributed by atoms with Crippen LogP contribution in [0.2, 0.25) is 0 Å². The molecule has 0 spiro atoms. The van der Waals surface area contributed by atoms with Gasteiger partial charge in [-0.3, -0.25) is 0 Å². The molecule has 6 rings (SSSR count). The third-order valence-electron chi connectivity index (χ3n) is 8.08. The number of carbonyl (C=O) groups excluding carboxylic acids is 1. The lowest BCUT2D eigenvalue weighted by molar-refractivity contribution is -0.304. The number of ether oxygens (including phenoxy) is 2. The highest BCUT2D eigenvalue weighted by Crippen LogP contribution is 2.45. The molecule has 5 aliphatic rings. The van der Waals surface area contributed by atoms with Crippen LogP contribution in [0.25, 0.3) is 0 Å². The second-order valence-corrected chi connectivity index (χ2v) is 10.8. The van der Waals surface area contributed by atoms with Crippen molar-refractivity contribution in [1.29, 1.82) is 0 Å². The maximum atomic E-state index is 12.6. The van der Waals surface area contributed by atoms with E-state index in [0.717, 1.165) is 56.5 Å². The lowest BCUT2D eigenvalue weighted by Gasteiger charge is -2.42. The zero-order valence-electron chi connectivity index (χ0n) is 20.3. The lowest BCUT2D eigenvalue weighted by atomic mass is 9.65. The maximum absolute atomic E-state index is 12.6. The van der Waals surface area contributed by atoms with Crippen LogP contribution in [0.4, 0.5) is 4.79 Å². The molecule has 188 valence electrons. The Balaban J connectivity index is 1.22. The fourth-order valence-corrected chi connectivity index (χ4v) is 6.56. The third kappa shape index (κ3) is 6.51. The lowest BCUT2D eigenvalue weighted by Crippen LogP contribution is -2.47. The highest BCUT2D eigenvalue weighted by molar-refractivity contribution is 5.70. The molecule has 1 N–H and O–H groups in total. The molecule has 5 fully saturated rings. The molecule has 3 atom stereocenters. The molecule has 2 saturated carbocycles. The maximum Gasteiger partial charge on any atom is 0.415 e. The minimum absolute atomic E-state index is 0.236. The standard InChI is InChI=1S/C27H40N2O5/c30-27(29-8-6-28-7-9-29)34-26-5-1-3-24(16-26)25-4-2-10-32-33-18-23-14-20-11-21(15-23)13-22(12-20)17-31-19-25/h1,3,5,16,20-23,25,28H,2,4,6-15,17-19H2. The van der Waals surface area contributed by atoms with Crippen LogP contribution in [0, 0.1) is 23.7 Å². The highest BCUT2D eigenvalue weighted by Gasteiger charge is 2.36. The Bertz CT molecular complexity index is 785. The van der Waals surface area contributed by atoms with E-state index < -0.39 is 0 Å².